The van der Waals surface area contributed by atoms with Gasteiger partial charge in [0.1, 0.15) is 5.78 Å². The first kappa shape index (κ1) is 9.10. The first-order valence-electron chi connectivity index (χ1n) is 3.11. The van der Waals surface area contributed by atoms with Gasteiger partial charge < -0.3 is 10.4 Å². The van der Waals surface area contributed by atoms with Gasteiger partial charge in [-0.05, 0) is 0 Å². The van der Waals surface area contributed by atoms with E-state index in [4.69, 9.17) is 5.11 Å². The molecule has 0 heterocycles. The number of rotatable bonds is 5. The largest absolute Gasteiger partial charge is 0.480 e. The first-order chi connectivity index (χ1) is 4.66. The molecule has 0 atom stereocenters. The third-order valence-electron chi connectivity index (χ3n) is 0.993. The smallest absolute Gasteiger partial charge is 0.317 e. The molecule has 0 unspecified atom stereocenters. The van der Waals surface area contributed by atoms with Crippen molar-refractivity contribution in [3.05, 3.63) is 0 Å². The fraction of sp³-hybridized carbons (Fsp3) is 0.667. The minimum absolute atomic E-state index is 0.0289. The van der Waals surface area contributed by atoms with Crippen LogP contribution in [-0.4, -0.2) is 29.9 Å². The predicted molar refractivity (Wildman–Crippen MR) is 35.8 cm³/mol. The second kappa shape index (κ2) is 4.93. The van der Waals surface area contributed by atoms with Crippen LogP contribution in [0.25, 0.3) is 0 Å². The molecule has 4 heteroatoms. The summed E-state index contributed by atoms with van der Waals surface area (Å²) in [4.78, 5) is 20.4. The lowest BCUT2D eigenvalue weighted by Crippen LogP contribution is -2.27. The van der Waals surface area contributed by atoms with Crippen molar-refractivity contribution < 1.29 is 14.7 Å². The molecule has 10 heavy (non-hydrogen) atoms. The Balaban J connectivity index is 3.20. The molecule has 4 nitrogen and oxygen atoms in total. The SMILES string of the molecule is CCC(=O)CNCC(=O)O. The van der Waals surface area contributed by atoms with Crippen molar-refractivity contribution in [3.8, 4) is 0 Å². The lowest BCUT2D eigenvalue weighted by Gasteiger charge is -1.96. The second-order valence-electron chi connectivity index (χ2n) is 1.89. The van der Waals surface area contributed by atoms with Crippen molar-refractivity contribution in [1.82, 2.24) is 5.32 Å². The molecule has 0 aliphatic rings. The molecule has 0 amide bonds. The molecule has 2 N–H and O–H groups in total. The van der Waals surface area contributed by atoms with Crippen LogP contribution in [0.4, 0.5) is 0 Å². The molecule has 0 saturated heterocycles. The van der Waals surface area contributed by atoms with Gasteiger partial charge in [-0.15, -0.1) is 0 Å². The van der Waals surface area contributed by atoms with Gasteiger partial charge in [-0.25, -0.2) is 0 Å². The Kier molecular flexibility index (Phi) is 4.49. The predicted octanol–water partition coefficient (Wildman–Crippen LogP) is -0.360. The lowest BCUT2D eigenvalue weighted by molar-refractivity contribution is -0.135. The van der Waals surface area contributed by atoms with E-state index in [1.807, 2.05) is 0 Å². The minimum atomic E-state index is -0.941. The van der Waals surface area contributed by atoms with Crippen LogP contribution in [-0.2, 0) is 9.59 Å². The van der Waals surface area contributed by atoms with Crippen LogP contribution in [0.1, 0.15) is 13.3 Å². The van der Waals surface area contributed by atoms with Crippen molar-refractivity contribution in [3.63, 3.8) is 0 Å². The van der Waals surface area contributed by atoms with E-state index in [1.54, 1.807) is 6.92 Å². The topological polar surface area (TPSA) is 66.4 Å². The van der Waals surface area contributed by atoms with Gasteiger partial charge in [0.05, 0.1) is 13.1 Å². The Labute approximate surface area is 59.2 Å². The summed E-state index contributed by atoms with van der Waals surface area (Å²) in [6, 6.07) is 0. The molecular weight excluding hydrogens is 134 g/mol. The number of aliphatic carboxylic acids is 1. The zero-order chi connectivity index (χ0) is 7.98. The zero-order valence-electron chi connectivity index (χ0n) is 5.89. The molecule has 0 aromatic rings. The summed E-state index contributed by atoms with van der Waals surface area (Å²) < 4.78 is 0. The van der Waals surface area contributed by atoms with Crippen LogP contribution >= 0.6 is 0 Å². The van der Waals surface area contributed by atoms with Gasteiger partial charge in [0.15, 0.2) is 0 Å². The monoisotopic (exact) mass is 145 g/mol. The number of carbonyl (C=O) groups excluding carboxylic acids is 1. The zero-order valence-corrected chi connectivity index (χ0v) is 5.89. The molecule has 0 spiro atoms. The number of hydrogen-bond acceptors (Lipinski definition) is 3. The van der Waals surface area contributed by atoms with Crippen LogP contribution in [0.3, 0.4) is 0 Å². The number of carboxylic acids is 1. The third kappa shape index (κ3) is 5.24. The van der Waals surface area contributed by atoms with Crippen molar-refractivity contribution in [2.45, 2.75) is 13.3 Å². The molecule has 0 aliphatic carbocycles. The average Bonchev–Trinajstić information content (AvgIpc) is 1.87. The molecule has 58 valence electrons. The minimum Gasteiger partial charge on any atom is -0.480 e. The normalized spacial score (nSPS) is 9.30. The van der Waals surface area contributed by atoms with Crippen molar-refractivity contribution in [2.24, 2.45) is 0 Å². The fourth-order valence-corrected chi connectivity index (χ4v) is 0.434. The molecule has 0 bridgehead atoms. The van der Waals surface area contributed by atoms with Crippen LogP contribution in [0, 0.1) is 0 Å². The molecule has 0 aliphatic heterocycles. The molecule has 0 rings (SSSR count). The molecular formula is C6H11NO3. The maximum atomic E-state index is 10.5. The highest BCUT2D eigenvalue weighted by atomic mass is 16.4. The number of ketones is 1. The van der Waals surface area contributed by atoms with E-state index in [0.29, 0.717) is 6.42 Å². The highest BCUT2D eigenvalue weighted by molar-refractivity contribution is 5.80. The van der Waals surface area contributed by atoms with E-state index in [9.17, 15) is 9.59 Å². The number of Topliss-reactive ketones (excluding diaryl/α,β-unsaturated/α-hetero) is 1. The molecule has 0 saturated carbocycles. The third-order valence-corrected chi connectivity index (χ3v) is 0.993. The number of hydrogen-bond donors (Lipinski definition) is 2. The summed E-state index contributed by atoms with van der Waals surface area (Å²) in [5.74, 6) is -0.912. The Bertz CT molecular complexity index is 133. The van der Waals surface area contributed by atoms with Gasteiger partial charge in [-0.2, -0.15) is 0 Å². The molecule has 0 aromatic carbocycles. The summed E-state index contributed by atoms with van der Waals surface area (Å²) in [7, 11) is 0. The van der Waals surface area contributed by atoms with Gasteiger partial charge in [0, 0.05) is 6.42 Å². The van der Waals surface area contributed by atoms with E-state index in [1.165, 1.54) is 0 Å². The maximum Gasteiger partial charge on any atom is 0.317 e. The average molecular weight is 145 g/mol. The Morgan fingerprint density at radius 2 is 2.00 bits per heavy atom. The Morgan fingerprint density at radius 3 is 2.40 bits per heavy atom. The summed E-state index contributed by atoms with van der Waals surface area (Å²) in [5.41, 5.74) is 0. The standard InChI is InChI=1S/C6H11NO3/c1-2-5(8)3-7-4-6(9)10/h7H,2-4H2,1H3,(H,9,10). The van der Waals surface area contributed by atoms with Crippen LogP contribution < -0.4 is 5.32 Å². The summed E-state index contributed by atoms with van der Waals surface area (Å²) in [6.07, 6.45) is 0.451. The van der Waals surface area contributed by atoms with E-state index in [0.717, 1.165) is 0 Å². The number of carboxylic acid groups (broad SMARTS) is 1. The van der Waals surface area contributed by atoms with E-state index >= 15 is 0 Å². The molecule has 0 fully saturated rings. The van der Waals surface area contributed by atoms with Gasteiger partial charge in [-0.3, -0.25) is 9.59 Å². The number of carbonyl (C=O) groups is 2. The molecule has 0 aromatic heterocycles. The number of nitrogens with one attached hydrogen (secondary N) is 1. The highest BCUT2D eigenvalue weighted by Crippen LogP contribution is 1.76. The van der Waals surface area contributed by atoms with E-state index < -0.39 is 5.97 Å². The second-order valence-corrected chi connectivity index (χ2v) is 1.89. The summed E-state index contributed by atoms with van der Waals surface area (Å²) in [5, 5.41) is 10.6. The van der Waals surface area contributed by atoms with Gasteiger partial charge in [0.25, 0.3) is 0 Å². The highest BCUT2D eigenvalue weighted by Gasteiger charge is 1.98. The maximum absolute atomic E-state index is 10.5. The Morgan fingerprint density at radius 1 is 1.40 bits per heavy atom. The van der Waals surface area contributed by atoms with E-state index in [-0.39, 0.29) is 18.9 Å². The van der Waals surface area contributed by atoms with Crippen LogP contribution in [0.5, 0.6) is 0 Å². The van der Waals surface area contributed by atoms with Crippen LogP contribution in [0.15, 0.2) is 0 Å². The quantitative estimate of drug-likeness (QED) is 0.554. The molecule has 0 radical (unpaired) electrons. The van der Waals surface area contributed by atoms with Gasteiger partial charge in [0.2, 0.25) is 0 Å². The van der Waals surface area contributed by atoms with Gasteiger partial charge in [-0.1, -0.05) is 6.92 Å². The van der Waals surface area contributed by atoms with Gasteiger partial charge >= 0.3 is 5.97 Å². The lowest BCUT2D eigenvalue weighted by atomic mass is 10.3. The summed E-state index contributed by atoms with van der Waals surface area (Å²) in [6.45, 7) is 1.75. The fourth-order valence-electron chi connectivity index (χ4n) is 0.434. The van der Waals surface area contributed by atoms with Crippen molar-refractivity contribution >= 4 is 11.8 Å². The van der Waals surface area contributed by atoms with Crippen LogP contribution in [0.2, 0.25) is 0 Å². The first-order valence-corrected chi connectivity index (χ1v) is 3.11. The van der Waals surface area contributed by atoms with Crippen molar-refractivity contribution in [2.75, 3.05) is 13.1 Å². The Hall–Kier alpha value is -0.900. The van der Waals surface area contributed by atoms with E-state index in [2.05, 4.69) is 5.32 Å². The van der Waals surface area contributed by atoms with Crippen molar-refractivity contribution in [1.29, 1.82) is 0 Å². The summed E-state index contributed by atoms with van der Waals surface area (Å²) >= 11 is 0.